The Morgan fingerprint density at radius 3 is 2.68 bits per heavy atom. The third-order valence-electron chi connectivity index (χ3n) is 8.81. The van der Waals surface area contributed by atoms with E-state index in [0.717, 1.165) is 36.0 Å². The van der Waals surface area contributed by atoms with E-state index in [1.54, 1.807) is 0 Å². The van der Waals surface area contributed by atoms with Gasteiger partial charge in [0.2, 0.25) is 0 Å². The summed E-state index contributed by atoms with van der Waals surface area (Å²) in [6.07, 6.45) is 12.1. The number of rotatable bonds is 4. The summed E-state index contributed by atoms with van der Waals surface area (Å²) in [4.78, 5) is 11.7. The molecule has 0 amide bonds. The maximum absolute atomic E-state index is 11.7. The molecule has 4 rings (SSSR count). The molecule has 0 aromatic heterocycles. The van der Waals surface area contributed by atoms with Crippen molar-refractivity contribution in [1.29, 1.82) is 0 Å². The number of ketones is 1. The zero-order chi connectivity index (χ0) is 22.3. The van der Waals surface area contributed by atoms with E-state index >= 15 is 0 Å². The Balaban J connectivity index is 1.51. The molecule has 4 aliphatic carbocycles. The number of aliphatic hydroxyl groups is 3. The first-order valence-electron chi connectivity index (χ1n) is 12.1. The number of allylic oxidation sites excluding steroid dienone is 5. The van der Waals surface area contributed by atoms with Gasteiger partial charge in [-0.3, -0.25) is 4.79 Å². The Morgan fingerprint density at radius 2 is 1.97 bits per heavy atom. The zero-order valence-electron chi connectivity index (χ0n) is 19.1. The van der Waals surface area contributed by atoms with Crippen LogP contribution in [0.3, 0.4) is 0 Å². The highest BCUT2D eigenvalue weighted by molar-refractivity contribution is 5.96. The minimum Gasteiger partial charge on any atom is -0.504 e. The van der Waals surface area contributed by atoms with Crippen molar-refractivity contribution in [2.24, 2.45) is 23.2 Å². The van der Waals surface area contributed by atoms with E-state index in [1.165, 1.54) is 31.3 Å². The Labute approximate surface area is 186 Å². The van der Waals surface area contributed by atoms with Crippen LogP contribution in [0, 0.1) is 23.2 Å². The molecule has 0 aromatic rings. The normalized spacial score (nSPS) is 40.1. The first kappa shape index (κ1) is 22.5. The summed E-state index contributed by atoms with van der Waals surface area (Å²) in [5.41, 5.74) is 4.44. The Bertz CT molecular complexity index is 847. The second kappa shape index (κ2) is 8.71. The highest BCUT2D eigenvalue weighted by Crippen LogP contribution is 2.60. The molecule has 0 radical (unpaired) electrons. The van der Waals surface area contributed by atoms with Gasteiger partial charge in [0.25, 0.3) is 0 Å². The van der Waals surface area contributed by atoms with Crippen LogP contribution in [-0.4, -0.2) is 33.3 Å². The summed E-state index contributed by atoms with van der Waals surface area (Å²) < 4.78 is 0. The number of carbonyl (C=O) groups excluding carboxylic acids is 1. The maximum atomic E-state index is 11.7. The summed E-state index contributed by atoms with van der Waals surface area (Å²) in [5, 5.41) is 30.3. The van der Waals surface area contributed by atoms with Gasteiger partial charge in [-0.2, -0.15) is 0 Å². The number of fused-ring (bicyclic) bond motifs is 1. The van der Waals surface area contributed by atoms with Crippen LogP contribution in [-0.2, 0) is 4.79 Å². The number of carbonyl (C=O) groups is 1. The molecule has 0 spiro atoms. The molecule has 0 aliphatic heterocycles. The van der Waals surface area contributed by atoms with Crippen molar-refractivity contribution < 1.29 is 20.1 Å². The molecule has 31 heavy (non-hydrogen) atoms. The lowest BCUT2D eigenvalue weighted by Gasteiger charge is -2.44. The lowest BCUT2D eigenvalue weighted by molar-refractivity contribution is -0.117. The molecule has 0 saturated heterocycles. The molecule has 4 nitrogen and oxygen atoms in total. The largest absolute Gasteiger partial charge is 0.504 e. The fraction of sp³-hybridized carbons (Fsp3) is 0.667. The van der Waals surface area contributed by atoms with Crippen LogP contribution < -0.4 is 0 Å². The second-order valence-corrected chi connectivity index (χ2v) is 10.7. The van der Waals surface area contributed by atoms with E-state index in [2.05, 4.69) is 32.6 Å². The van der Waals surface area contributed by atoms with Gasteiger partial charge in [-0.1, -0.05) is 38.2 Å². The van der Waals surface area contributed by atoms with Crippen LogP contribution in [0.15, 0.2) is 46.8 Å². The fourth-order valence-corrected chi connectivity index (χ4v) is 7.11. The van der Waals surface area contributed by atoms with Gasteiger partial charge in [0, 0.05) is 12.8 Å². The van der Waals surface area contributed by atoms with Crippen molar-refractivity contribution >= 4 is 5.78 Å². The zero-order valence-corrected chi connectivity index (χ0v) is 19.1. The number of hydrogen-bond donors (Lipinski definition) is 3. The summed E-state index contributed by atoms with van der Waals surface area (Å²) in [6.45, 7) is 8.80. The molecule has 0 heterocycles. The van der Waals surface area contributed by atoms with Gasteiger partial charge in [0.15, 0.2) is 11.5 Å². The monoisotopic (exact) mass is 426 g/mol. The highest BCUT2D eigenvalue weighted by atomic mass is 16.3. The van der Waals surface area contributed by atoms with E-state index < -0.39 is 12.2 Å². The van der Waals surface area contributed by atoms with Gasteiger partial charge in [-0.15, -0.1) is 0 Å². The number of aliphatic hydroxyl groups excluding tert-OH is 3. The molecule has 3 N–H and O–H groups in total. The van der Waals surface area contributed by atoms with E-state index in [4.69, 9.17) is 0 Å². The minimum atomic E-state index is -0.644. The van der Waals surface area contributed by atoms with Crippen LogP contribution in [0.1, 0.15) is 78.1 Å². The Hall–Kier alpha value is -1.65. The SMILES string of the molecule is C=C1/C(=C\C=C2/CCC[C@@]3(C)C2CC[C@@H]3[C@H](C)CC2=C(O)C(=O)CC2)C[C@@H](O)C[C@@H]1O. The van der Waals surface area contributed by atoms with Crippen LogP contribution in [0.4, 0.5) is 0 Å². The Morgan fingerprint density at radius 1 is 1.19 bits per heavy atom. The third-order valence-corrected chi connectivity index (χ3v) is 8.81. The molecule has 4 heteroatoms. The molecule has 4 aliphatic rings. The topological polar surface area (TPSA) is 77.8 Å². The second-order valence-electron chi connectivity index (χ2n) is 10.7. The highest BCUT2D eigenvalue weighted by Gasteiger charge is 2.50. The quantitative estimate of drug-likeness (QED) is 0.568. The summed E-state index contributed by atoms with van der Waals surface area (Å²) >= 11 is 0. The van der Waals surface area contributed by atoms with Gasteiger partial charge in [-0.05, 0) is 91.3 Å². The van der Waals surface area contributed by atoms with Crippen molar-refractivity contribution in [2.75, 3.05) is 0 Å². The van der Waals surface area contributed by atoms with Crippen molar-refractivity contribution in [3.05, 3.63) is 46.8 Å². The smallest absolute Gasteiger partial charge is 0.197 e. The Kier molecular flexibility index (Phi) is 6.33. The molecule has 0 aromatic carbocycles. The van der Waals surface area contributed by atoms with Crippen LogP contribution >= 0.6 is 0 Å². The first-order chi connectivity index (χ1) is 14.7. The van der Waals surface area contributed by atoms with Gasteiger partial charge in [0.1, 0.15) is 0 Å². The van der Waals surface area contributed by atoms with Crippen LogP contribution in [0.5, 0.6) is 0 Å². The molecule has 6 atom stereocenters. The van der Waals surface area contributed by atoms with Gasteiger partial charge in [-0.25, -0.2) is 0 Å². The first-order valence-corrected chi connectivity index (χ1v) is 12.1. The summed E-state index contributed by atoms with van der Waals surface area (Å²) in [5.74, 6) is 1.56. The lowest BCUT2D eigenvalue weighted by Crippen LogP contribution is -2.36. The van der Waals surface area contributed by atoms with E-state index in [0.29, 0.717) is 37.0 Å². The average Bonchev–Trinajstić information content (AvgIpc) is 3.23. The van der Waals surface area contributed by atoms with E-state index in [-0.39, 0.29) is 17.0 Å². The summed E-state index contributed by atoms with van der Waals surface area (Å²) in [6, 6.07) is 0. The lowest BCUT2D eigenvalue weighted by atomic mass is 9.60. The van der Waals surface area contributed by atoms with Crippen molar-refractivity contribution in [1.82, 2.24) is 0 Å². The molecule has 1 unspecified atom stereocenters. The average molecular weight is 427 g/mol. The third kappa shape index (κ3) is 4.21. The minimum absolute atomic E-state index is 0.0412. The standard InChI is InChI=1S/C27H38O4/c1-16(13-20-8-11-24(29)26(20)31)22-9-10-23-18(5-4-12-27(22,23)3)6-7-19-14-21(28)15-25(30)17(19)2/h6-7,16,21-23,25,28,30-31H,2,4-5,8-15H2,1,3H3/b18-6+,19-7-/t16-,21-,22-,23?,25+,27-/m1/s1. The molecular weight excluding hydrogens is 388 g/mol. The fourth-order valence-electron chi connectivity index (χ4n) is 7.11. The predicted octanol–water partition coefficient (Wildman–Crippen LogP) is 5.33. The van der Waals surface area contributed by atoms with Gasteiger partial charge < -0.3 is 15.3 Å². The molecule has 0 bridgehead atoms. The van der Waals surface area contributed by atoms with Crippen LogP contribution in [0.2, 0.25) is 0 Å². The van der Waals surface area contributed by atoms with Gasteiger partial charge >= 0.3 is 0 Å². The maximum Gasteiger partial charge on any atom is 0.197 e. The van der Waals surface area contributed by atoms with E-state index in [9.17, 15) is 20.1 Å². The van der Waals surface area contributed by atoms with Crippen molar-refractivity contribution in [3.8, 4) is 0 Å². The van der Waals surface area contributed by atoms with Crippen molar-refractivity contribution in [2.45, 2.75) is 90.3 Å². The number of hydrogen-bond acceptors (Lipinski definition) is 4. The number of Topliss-reactive ketones (excluding diaryl/α,β-unsaturated/α-hetero) is 1. The molecule has 3 fully saturated rings. The van der Waals surface area contributed by atoms with E-state index in [1.807, 2.05) is 0 Å². The molecule has 3 saturated carbocycles. The summed E-state index contributed by atoms with van der Waals surface area (Å²) in [7, 11) is 0. The van der Waals surface area contributed by atoms with Crippen molar-refractivity contribution in [3.63, 3.8) is 0 Å². The van der Waals surface area contributed by atoms with Crippen LogP contribution in [0.25, 0.3) is 0 Å². The van der Waals surface area contributed by atoms with Gasteiger partial charge in [0.05, 0.1) is 12.2 Å². The predicted molar refractivity (Wildman–Crippen MR) is 122 cm³/mol. The molecular formula is C27H38O4. The molecule has 170 valence electrons.